The van der Waals surface area contributed by atoms with Gasteiger partial charge in [-0.2, -0.15) is 0 Å². The van der Waals surface area contributed by atoms with Gasteiger partial charge in [-0.05, 0) is 66.3 Å². The molecule has 1 aromatic rings. The summed E-state index contributed by atoms with van der Waals surface area (Å²) in [7, 11) is 0. The minimum Gasteiger partial charge on any atom is -0.365 e. The molecule has 0 saturated heterocycles. The van der Waals surface area contributed by atoms with Crippen molar-refractivity contribution in [3.8, 4) is 0 Å². The van der Waals surface area contributed by atoms with Gasteiger partial charge in [-0.3, -0.25) is 9.78 Å². The van der Waals surface area contributed by atoms with Crippen LogP contribution in [0.4, 0.5) is 0 Å². The lowest BCUT2D eigenvalue weighted by Gasteiger charge is -2.18. The van der Waals surface area contributed by atoms with Crippen LogP contribution >= 0.6 is 0 Å². The summed E-state index contributed by atoms with van der Waals surface area (Å²) >= 11 is 0. The molecule has 1 heterocycles. The topological polar surface area (TPSA) is 66.4 Å². The quantitative estimate of drug-likeness (QED) is 0.454. The molecule has 0 radical (unpaired) electrons. The Balaban J connectivity index is 2.17. The number of aryl methyl sites for hydroxylation is 1. The van der Waals surface area contributed by atoms with Crippen LogP contribution in [0.1, 0.15) is 51.9 Å². The van der Waals surface area contributed by atoms with Crippen LogP contribution in [-0.4, -0.2) is 23.1 Å². The second-order valence-corrected chi connectivity index (χ2v) is 7.15. The fourth-order valence-corrected chi connectivity index (χ4v) is 2.70. The maximum Gasteiger partial charge on any atom is 0.251 e. The van der Waals surface area contributed by atoms with E-state index in [4.69, 9.17) is 0 Å². The van der Waals surface area contributed by atoms with E-state index in [1.54, 1.807) is 0 Å². The zero-order valence-electron chi connectivity index (χ0n) is 15.9. The SMILES string of the molecule is C=N/C(NC1(C)CC1)=C(\C)C(C(=O)NCc1cccc(C)n1)=C(C)C. The van der Waals surface area contributed by atoms with Crippen LogP contribution in [0.5, 0.6) is 0 Å². The number of hydrogen-bond acceptors (Lipinski definition) is 4. The van der Waals surface area contributed by atoms with Crippen LogP contribution in [-0.2, 0) is 11.3 Å². The fraction of sp³-hybridized carbons (Fsp3) is 0.450. The van der Waals surface area contributed by atoms with Crippen LogP contribution in [0.2, 0.25) is 0 Å². The van der Waals surface area contributed by atoms with Gasteiger partial charge in [0.2, 0.25) is 0 Å². The lowest BCUT2D eigenvalue weighted by Crippen LogP contribution is -2.30. The Labute approximate surface area is 150 Å². The van der Waals surface area contributed by atoms with Gasteiger partial charge < -0.3 is 10.6 Å². The molecule has 0 atom stereocenters. The smallest absolute Gasteiger partial charge is 0.251 e. The first-order valence-electron chi connectivity index (χ1n) is 8.60. The first-order chi connectivity index (χ1) is 11.8. The van der Waals surface area contributed by atoms with Gasteiger partial charge in [0, 0.05) is 22.4 Å². The van der Waals surface area contributed by atoms with Gasteiger partial charge in [0.1, 0.15) is 5.82 Å². The summed E-state index contributed by atoms with van der Waals surface area (Å²) in [5.41, 5.74) is 4.26. The summed E-state index contributed by atoms with van der Waals surface area (Å²) < 4.78 is 0. The van der Waals surface area contributed by atoms with Crippen molar-refractivity contribution in [3.05, 3.63) is 52.1 Å². The van der Waals surface area contributed by atoms with E-state index in [1.165, 1.54) is 0 Å². The first kappa shape index (κ1) is 18.9. The standard InChI is InChI=1S/C20H28N4O/c1-13(2)17(15(4)18(21-6)24-20(5)10-11-20)19(25)22-12-16-9-7-8-14(3)23-16/h7-9,24H,6,10-12H2,1-5H3,(H,22,25)/b18-15-. The Morgan fingerprint density at radius 1 is 1.32 bits per heavy atom. The predicted octanol–water partition coefficient (Wildman–Crippen LogP) is 3.42. The molecule has 1 aromatic heterocycles. The number of nitrogens with one attached hydrogen (secondary N) is 2. The summed E-state index contributed by atoms with van der Waals surface area (Å²) in [5.74, 6) is 0.560. The van der Waals surface area contributed by atoms with Crippen molar-refractivity contribution < 1.29 is 4.79 Å². The third kappa shape index (κ3) is 5.02. The monoisotopic (exact) mass is 340 g/mol. The average molecular weight is 340 g/mol. The molecule has 0 spiro atoms. The summed E-state index contributed by atoms with van der Waals surface area (Å²) in [5, 5.41) is 6.37. The van der Waals surface area contributed by atoms with Gasteiger partial charge in [0.25, 0.3) is 5.91 Å². The van der Waals surface area contributed by atoms with Gasteiger partial charge in [0.15, 0.2) is 0 Å². The van der Waals surface area contributed by atoms with Crippen molar-refractivity contribution in [1.29, 1.82) is 0 Å². The number of carbonyl (C=O) groups is 1. The maximum atomic E-state index is 12.8. The molecule has 2 rings (SSSR count). The predicted molar refractivity (Wildman–Crippen MR) is 102 cm³/mol. The fourth-order valence-electron chi connectivity index (χ4n) is 2.70. The van der Waals surface area contributed by atoms with Crippen LogP contribution < -0.4 is 10.6 Å². The molecule has 1 aliphatic rings. The van der Waals surface area contributed by atoms with Crippen molar-refractivity contribution in [2.75, 3.05) is 0 Å². The number of rotatable bonds is 7. The average Bonchev–Trinajstić information content (AvgIpc) is 3.28. The molecule has 5 nitrogen and oxygen atoms in total. The van der Waals surface area contributed by atoms with Gasteiger partial charge in [0.05, 0.1) is 12.2 Å². The van der Waals surface area contributed by atoms with Crippen molar-refractivity contribution >= 4 is 12.6 Å². The number of aliphatic imine (C=N–C) groups is 1. The van der Waals surface area contributed by atoms with E-state index in [-0.39, 0.29) is 11.4 Å². The zero-order valence-corrected chi connectivity index (χ0v) is 15.9. The zero-order chi connectivity index (χ0) is 18.6. The van der Waals surface area contributed by atoms with Crippen LogP contribution in [0.3, 0.4) is 0 Å². The Kier molecular flexibility index (Phi) is 5.77. The third-order valence-electron chi connectivity index (χ3n) is 4.41. The highest BCUT2D eigenvalue weighted by atomic mass is 16.1. The second kappa shape index (κ2) is 7.64. The highest BCUT2D eigenvalue weighted by molar-refractivity contribution is 5.98. The molecule has 0 bridgehead atoms. The number of pyridine rings is 1. The van der Waals surface area contributed by atoms with Crippen molar-refractivity contribution in [2.45, 2.75) is 59.5 Å². The molecule has 1 aliphatic carbocycles. The maximum absolute atomic E-state index is 12.8. The number of aromatic nitrogens is 1. The summed E-state index contributed by atoms with van der Waals surface area (Å²) in [6, 6.07) is 5.78. The van der Waals surface area contributed by atoms with E-state index >= 15 is 0 Å². The summed E-state index contributed by atoms with van der Waals surface area (Å²) in [6.45, 7) is 13.9. The van der Waals surface area contributed by atoms with Crippen LogP contribution in [0.25, 0.3) is 0 Å². The lowest BCUT2D eigenvalue weighted by molar-refractivity contribution is -0.117. The highest BCUT2D eigenvalue weighted by Gasteiger charge is 2.38. The third-order valence-corrected chi connectivity index (χ3v) is 4.41. The minimum absolute atomic E-state index is 0.0759. The molecule has 1 fully saturated rings. The highest BCUT2D eigenvalue weighted by Crippen LogP contribution is 2.36. The molecule has 0 unspecified atom stereocenters. The van der Waals surface area contributed by atoms with E-state index < -0.39 is 0 Å². The Hall–Kier alpha value is -2.43. The summed E-state index contributed by atoms with van der Waals surface area (Å²) in [4.78, 5) is 21.3. The van der Waals surface area contributed by atoms with E-state index in [0.717, 1.165) is 35.4 Å². The number of carbonyl (C=O) groups excluding carboxylic acids is 1. The van der Waals surface area contributed by atoms with Gasteiger partial charge in [-0.15, -0.1) is 0 Å². The minimum atomic E-state index is -0.121. The molecular weight excluding hydrogens is 312 g/mol. The number of allylic oxidation sites excluding steroid dienone is 1. The largest absolute Gasteiger partial charge is 0.365 e. The molecule has 0 aliphatic heterocycles. The van der Waals surface area contributed by atoms with Gasteiger partial charge in [-0.25, -0.2) is 4.99 Å². The molecular formula is C20H28N4O. The number of amides is 1. The van der Waals surface area contributed by atoms with Crippen LogP contribution in [0, 0.1) is 6.92 Å². The van der Waals surface area contributed by atoms with E-state index in [1.807, 2.05) is 45.9 Å². The molecule has 25 heavy (non-hydrogen) atoms. The van der Waals surface area contributed by atoms with Crippen LogP contribution in [0.15, 0.2) is 45.7 Å². The van der Waals surface area contributed by atoms with E-state index in [0.29, 0.717) is 17.9 Å². The number of hydrogen-bond donors (Lipinski definition) is 2. The molecule has 1 saturated carbocycles. The van der Waals surface area contributed by atoms with Crippen molar-refractivity contribution in [3.63, 3.8) is 0 Å². The lowest BCUT2D eigenvalue weighted by atomic mass is 10.0. The molecule has 2 N–H and O–H groups in total. The number of nitrogens with zero attached hydrogens (tertiary/aromatic N) is 2. The van der Waals surface area contributed by atoms with Crippen molar-refractivity contribution in [1.82, 2.24) is 15.6 Å². The van der Waals surface area contributed by atoms with Gasteiger partial charge >= 0.3 is 0 Å². The molecule has 1 amide bonds. The van der Waals surface area contributed by atoms with Crippen molar-refractivity contribution in [2.24, 2.45) is 4.99 Å². The molecule has 5 heteroatoms. The van der Waals surface area contributed by atoms with Gasteiger partial charge in [-0.1, -0.05) is 11.6 Å². The Bertz CT molecular complexity index is 738. The van der Waals surface area contributed by atoms with E-state index in [9.17, 15) is 4.79 Å². The normalized spacial score (nSPS) is 15.7. The Morgan fingerprint density at radius 2 is 2.00 bits per heavy atom. The molecule has 134 valence electrons. The first-order valence-corrected chi connectivity index (χ1v) is 8.60. The van der Waals surface area contributed by atoms with E-state index in [2.05, 4.69) is 34.3 Å². The Morgan fingerprint density at radius 3 is 2.52 bits per heavy atom. The summed E-state index contributed by atoms with van der Waals surface area (Å²) in [6.07, 6.45) is 2.21. The second-order valence-electron chi connectivity index (χ2n) is 7.15. The molecule has 0 aromatic carbocycles.